The molecule has 8 heteroatoms. The Bertz CT molecular complexity index is 1090. The van der Waals surface area contributed by atoms with Gasteiger partial charge in [-0.15, -0.1) is 0 Å². The first-order valence-electron chi connectivity index (χ1n) is 10.5. The minimum absolute atomic E-state index is 0.464. The van der Waals surface area contributed by atoms with E-state index < -0.39 is 24.1 Å². The van der Waals surface area contributed by atoms with E-state index in [0.29, 0.717) is 19.4 Å². The number of halogens is 1. The van der Waals surface area contributed by atoms with Crippen LogP contribution in [0.4, 0.5) is 5.82 Å². The van der Waals surface area contributed by atoms with Gasteiger partial charge in [0, 0.05) is 11.9 Å². The van der Waals surface area contributed by atoms with Crippen LogP contribution in [-0.4, -0.2) is 51.5 Å². The molecule has 3 aromatic rings. The van der Waals surface area contributed by atoms with Crippen molar-refractivity contribution < 1.29 is 24.8 Å². The molecule has 1 saturated heterocycles. The number of anilines is 1. The molecule has 7 nitrogen and oxygen atoms in total. The lowest BCUT2D eigenvalue weighted by atomic mass is 9.91. The van der Waals surface area contributed by atoms with Crippen LogP contribution in [0.1, 0.15) is 24.5 Å². The number of benzene rings is 2. The first kappa shape index (κ1) is 22.9. The maximum atomic E-state index is 10.4. The molecule has 4 atom stereocenters. The van der Waals surface area contributed by atoms with Gasteiger partial charge in [0.05, 0.1) is 23.2 Å². The van der Waals surface area contributed by atoms with Crippen molar-refractivity contribution in [3.8, 4) is 5.75 Å². The zero-order valence-electron chi connectivity index (χ0n) is 18.0. The van der Waals surface area contributed by atoms with Crippen LogP contribution in [0.5, 0.6) is 5.75 Å². The second-order valence-electron chi connectivity index (χ2n) is 8.27. The molecule has 170 valence electrons. The number of rotatable bonds is 7. The fourth-order valence-electron chi connectivity index (χ4n) is 3.91. The van der Waals surface area contributed by atoms with E-state index in [4.69, 9.17) is 14.5 Å². The molecule has 1 aromatic heterocycles. The maximum absolute atomic E-state index is 10.4. The molecule has 1 aliphatic rings. The van der Waals surface area contributed by atoms with Crippen LogP contribution < -0.4 is 10.1 Å². The molecule has 2 heterocycles. The van der Waals surface area contributed by atoms with E-state index in [9.17, 15) is 15.3 Å². The molecule has 1 fully saturated rings. The van der Waals surface area contributed by atoms with Crippen molar-refractivity contribution in [1.82, 2.24) is 4.98 Å². The standard InChI is InChI=1S/C24H27BrN2O5/c1-24(30)20(32-23(29)21(24)28)10-6-14-3-7-16-12-18(25)22(27-19(16)11-14)26-13-15-4-8-17(31-2)9-5-15/h3-5,7-9,11-12,20-21,23,28-30H,6,10,13H2,1-2H3,(H,26,27)/t20-,21+,23?,24-/m1/s1. The van der Waals surface area contributed by atoms with Gasteiger partial charge >= 0.3 is 0 Å². The molecule has 0 aliphatic carbocycles. The van der Waals surface area contributed by atoms with E-state index >= 15 is 0 Å². The Hall–Kier alpha value is -2.23. The van der Waals surface area contributed by atoms with E-state index in [1.54, 1.807) is 7.11 Å². The summed E-state index contributed by atoms with van der Waals surface area (Å²) < 4.78 is 11.4. The first-order valence-corrected chi connectivity index (χ1v) is 11.3. The third kappa shape index (κ3) is 4.74. The minimum atomic E-state index is -1.49. The number of hydrogen-bond donors (Lipinski definition) is 4. The molecule has 0 saturated carbocycles. The normalized spacial score (nSPS) is 25.2. The molecular formula is C24H27BrN2O5. The molecule has 4 rings (SSSR count). The van der Waals surface area contributed by atoms with Gasteiger partial charge in [-0.25, -0.2) is 4.98 Å². The van der Waals surface area contributed by atoms with Gasteiger partial charge in [0.15, 0.2) is 6.29 Å². The fourth-order valence-corrected chi connectivity index (χ4v) is 4.39. The quantitative estimate of drug-likeness (QED) is 0.392. The average molecular weight is 503 g/mol. The van der Waals surface area contributed by atoms with Crippen LogP contribution >= 0.6 is 15.9 Å². The lowest BCUT2D eigenvalue weighted by molar-refractivity contribution is -0.128. The summed E-state index contributed by atoms with van der Waals surface area (Å²) in [6.07, 6.45) is -2.26. The minimum Gasteiger partial charge on any atom is -0.497 e. The third-order valence-corrected chi connectivity index (χ3v) is 6.58. The number of nitrogens with one attached hydrogen (secondary N) is 1. The molecule has 0 amide bonds. The number of pyridine rings is 1. The third-order valence-electron chi connectivity index (χ3n) is 5.97. The van der Waals surface area contributed by atoms with Gasteiger partial charge in [-0.2, -0.15) is 0 Å². The average Bonchev–Trinajstić information content (AvgIpc) is 2.98. The Morgan fingerprint density at radius 2 is 1.84 bits per heavy atom. The Morgan fingerprint density at radius 1 is 1.12 bits per heavy atom. The molecule has 4 N–H and O–H groups in total. The number of aliphatic hydroxyl groups is 3. The number of fused-ring (bicyclic) bond motifs is 1. The zero-order valence-corrected chi connectivity index (χ0v) is 19.5. The molecule has 32 heavy (non-hydrogen) atoms. The fraction of sp³-hybridized carbons (Fsp3) is 0.375. The van der Waals surface area contributed by atoms with Gasteiger partial charge < -0.3 is 30.1 Å². The molecule has 0 bridgehead atoms. The molecule has 0 spiro atoms. The van der Waals surface area contributed by atoms with Crippen LogP contribution in [0, 0.1) is 0 Å². The summed E-state index contributed by atoms with van der Waals surface area (Å²) >= 11 is 3.59. The van der Waals surface area contributed by atoms with Gasteiger partial charge in [0.25, 0.3) is 0 Å². The highest BCUT2D eigenvalue weighted by Gasteiger charge is 2.51. The number of aryl methyl sites for hydroxylation is 1. The van der Waals surface area contributed by atoms with Gasteiger partial charge in [0.2, 0.25) is 0 Å². The van der Waals surface area contributed by atoms with Crippen molar-refractivity contribution in [2.75, 3.05) is 12.4 Å². The second-order valence-corrected chi connectivity index (χ2v) is 9.13. The number of ether oxygens (including phenoxy) is 2. The van der Waals surface area contributed by atoms with E-state index in [0.717, 1.165) is 38.1 Å². The van der Waals surface area contributed by atoms with Crippen molar-refractivity contribution in [2.24, 2.45) is 0 Å². The van der Waals surface area contributed by atoms with Crippen LogP contribution in [0.2, 0.25) is 0 Å². The lowest BCUT2D eigenvalue weighted by Gasteiger charge is -2.26. The van der Waals surface area contributed by atoms with E-state index in [1.807, 2.05) is 48.5 Å². The van der Waals surface area contributed by atoms with Crippen molar-refractivity contribution in [3.05, 3.63) is 64.1 Å². The number of aromatic nitrogens is 1. The van der Waals surface area contributed by atoms with Gasteiger partial charge in [0.1, 0.15) is 23.3 Å². The van der Waals surface area contributed by atoms with Gasteiger partial charge in [-0.05, 0) is 71.1 Å². The van der Waals surface area contributed by atoms with Crippen LogP contribution in [0.3, 0.4) is 0 Å². The van der Waals surface area contributed by atoms with Crippen molar-refractivity contribution in [2.45, 2.75) is 50.4 Å². The first-order chi connectivity index (χ1) is 15.3. The number of aliphatic hydroxyl groups excluding tert-OH is 2. The summed E-state index contributed by atoms with van der Waals surface area (Å²) in [7, 11) is 1.65. The van der Waals surface area contributed by atoms with Crippen molar-refractivity contribution >= 4 is 32.7 Å². The number of methoxy groups -OCH3 is 1. The smallest absolute Gasteiger partial charge is 0.184 e. The Labute approximate surface area is 195 Å². The zero-order chi connectivity index (χ0) is 22.9. The summed E-state index contributed by atoms with van der Waals surface area (Å²) in [6.45, 7) is 2.11. The SMILES string of the molecule is COc1ccc(CNc2nc3cc(CC[C@H]4OC(O)[C@H](O)[C@]4(C)O)ccc3cc2Br)cc1. The summed E-state index contributed by atoms with van der Waals surface area (Å²) in [6, 6.07) is 15.9. The summed E-state index contributed by atoms with van der Waals surface area (Å²) in [5.74, 6) is 1.57. The second kappa shape index (κ2) is 9.33. The maximum Gasteiger partial charge on any atom is 0.184 e. The Kier molecular flexibility index (Phi) is 6.69. The summed E-state index contributed by atoms with van der Waals surface area (Å²) in [4.78, 5) is 4.77. The predicted molar refractivity (Wildman–Crippen MR) is 126 cm³/mol. The molecule has 0 radical (unpaired) electrons. The Balaban J connectivity index is 1.46. The largest absolute Gasteiger partial charge is 0.497 e. The number of nitrogens with zero attached hydrogens (tertiary/aromatic N) is 1. The topological polar surface area (TPSA) is 104 Å². The summed E-state index contributed by atoms with van der Waals surface area (Å²) in [5, 5.41) is 34.4. The van der Waals surface area contributed by atoms with Gasteiger partial charge in [-0.3, -0.25) is 0 Å². The van der Waals surface area contributed by atoms with Crippen molar-refractivity contribution in [1.29, 1.82) is 0 Å². The van der Waals surface area contributed by atoms with E-state index in [2.05, 4.69) is 21.2 Å². The van der Waals surface area contributed by atoms with Gasteiger partial charge in [-0.1, -0.05) is 24.3 Å². The van der Waals surface area contributed by atoms with Crippen LogP contribution in [0.15, 0.2) is 53.0 Å². The summed E-state index contributed by atoms with van der Waals surface area (Å²) in [5.41, 5.74) is 1.50. The predicted octanol–water partition coefficient (Wildman–Crippen LogP) is 3.38. The molecule has 1 aliphatic heterocycles. The highest BCUT2D eigenvalue weighted by molar-refractivity contribution is 9.10. The monoisotopic (exact) mass is 502 g/mol. The molecule has 1 unspecified atom stereocenters. The van der Waals surface area contributed by atoms with Crippen LogP contribution in [0.25, 0.3) is 10.9 Å². The van der Waals surface area contributed by atoms with E-state index in [-0.39, 0.29) is 0 Å². The Morgan fingerprint density at radius 3 is 2.50 bits per heavy atom. The number of hydrogen-bond acceptors (Lipinski definition) is 7. The lowest BCUT2D eigenvalue weighted by Crippen LogP contribution is -2.45. The van der Waals surface area contributed by atoms with Crippen LogP contribution in [-0.2, 0) is 17.7 Å². The molecular weight excluding hydrogens is 476 g/mol. The van der Waals surface area contributed by atoms with Crippen molar-refractivity contribution in [3.63, 3.8) is 0 Å². The van der Waals surface area contributed by atoms with E-state index in [1.165, 1.54) is 6.92 Å². The highest BCUT2D eigenvalue weighted by Crippen LogP contribution is 2.33. The molecule has 2 aromatic carbocycles. The highest BCUT2D eigenvalue weighted by atomic mass is 79.9.